The van der Waals surface area contributed by atoms with Crippen LogP contribution in [0.5, 0.6) is 23.0 Å². The second-order valence-corrected chi connectivity index (χ2v) is 11.6. The first-order chi connectivity index (χ1) is 20.6. The molecule has 5 rings (SSSR count). The molecule has 0 saturated heterocycles. The summed E-state index contributed by atoms with van der Waals surface area (Å²) in [6.07, 6.45) is 6.80. The Bertz CT molecular complexity index is 1490. The topological polar surface area (TPSA) is 98.9 Å². The lowest BCUT2D eigenvalue weighted by Crippen LogP contribution is -2.33. The van der Waals surface area contributed by atoms with Gasteiger partial charge in [0.25, 0.3) is 0 Å². The van der Waals surface area contributed by atoms with Gasteiger partial charge >= 0.3 is 0 Å². The van der Waals surface area contributed by atoms with Crippen molar-refractivity contribution >= 4 is 5.69 Å². The third-order valence-electron chi connectivity index (χ3n) is 8.39. The fourth-order valence-corrected chi connectivity index (χ4v) is 5.81. The number of benzene rings is 2. The van der Waals surface area contributed by atoms with Crippen LogP contribution in [0, 0.1) is 5.92 Å². The van der Waals surface area contributed by atoms with Gasteiger partial charge in [0, 0.05) is 19.1 Å². The van der Waals surface area contributed by atoms with E-state index in [2.05, 4.69) is 35.6 Å². The highest BCUT2D eigenvalue weighted by Crippen LogP contribution is 2.47. The number of ether oxygens (including phenoxy) is 5. The predicted molar refractivity (Wildman–Crippen MR) is 167 cm³/mol. The van der Waals surface area contributed by atoms with Crippen LogP contribution in [0.4, 0.5) is 5.69 Å². The molecule has 4 bridgehead atoms. The van der Waals surface area contributed by atoms with Gasteiger partial charge in [0.05, 0.1) is 32.9 Å². The Labute approximate surface area is 254 Å². The van der Waals surface area contributed by atoms with E-state index in [1.807, 2.05) is 38.4 Å². The van der Waals surface area contributed by atoms with Crippen LogP contribution < -0.4 is 19.9 Å². The number of rotatable bonds is 8. The molecule has 2 aromatic rings. The molecule has 2 aliphatic heterocycles. The third-order valence-corrected chi connectivity index (χ3v) is 8.39. The number of hydrogen-bond acceptors (Lipinski definition) is 9. The summed E-state index contributed by atoms with van der Waals surface area (Å²) in [6, 6.07) is 7.91. The number of hydrogen-bond donors (Lipinski definition) is 2. The lowest BCUT2D eigenvalue weighted by Gasteiger charge is -2.35. The zero-order valence-electron chi connectivity index (χ0n) is 26.0. The van der Waals surface area contributed by atoms with Crippen LogP contribution in [0.15, 0.2) is 71.6 Å². The van der Waals surface area contributed by atoms with Crippen molar-refractivity contribution in [3.63, 3.8) is 0 Å². The Morgan fingerprint density at radius 2 is 1.93 bits per heavy atom. The highest BCUT2D eigenvalue weighted by atomic mass is 16.6. The molecule has 0 spiro atoms. The Balaban J connectivity index is 1.70. The summed E-state index contributed by atoms with van der Waals surface area (Å²) in [7, 11) is 11.0. The van der Waals surface area contributed by atoms with E-state index in [0.717, 1.165) is 42.6 Å². The van der Waals surface area contributed by atoms with E-state index in [-0.39, 0.29) is 23.4 Å². The van der Waals surface area contributed by atoms with Crippen molar-refractivity contribution < 1.29 is 28.8 Å². The van der Waals surface area contributed by atoms with Gasteiger partial charge in [-0.15, -0.1) is 0 Å². The van der Waals surface area contributed by atoms with Crippen LogP contribution in [0.25, 0.3) is 0 Å². The average Bonchev–Trinajstić information content (AvgIpc) is 2.97. The van der Waals surface area contributed by atoms with Gasteiger partial charge in [0.15, 0.2) is 40.3 Å². The fraction of sp³-hybridized carbons (Fsp3) is 0.412. The van der Waals surface area contributed by atoms with Crippen LogP contribution in [0.2, 0.25) is 0 Å². The number of fused-ring (bicyclic) bond motifs is 4. The summed E-state index contributed by atoms with van der Waals surface area (Å²) in [5.74, 6) is 3.15. The van der Waals surface area contributed by atoms with E-state index in [1.54, 1.807) is 21.3 Å². The minimum absolute atomic E-state index is 0.0502. The first-order valence-corrected chi connectivity index (χ1v) is 14.6. The number of likely N-dealkylation sites (N-methyl/N-ethyl adjacent to an activating group) is 1. The number of nitrogen functional groups attached to an aromatic ring is 1. The number of nitrogens with zero attached hydrogens (tertiary/aromatic N) is 2. The van der Waals surface area contributed by atoms with Crippen molar-refractivity contribution in [3.05, 3.63) is 88.3 Å². The number of nitrogens with two attached hydrogens (primary N) is 1. The molecule has 0 aromatic heterocycles. The lowest BCUT2D eigenvalue weighted by molar-refractivity contribution is 0.182. The number of phenols is 1. The number of phenolic OH excluding ortho intramolecular Hbond substituents is 1. The Hall–Kier alpha value is -4.08. The second-order valence-electron chi connectivity index (χ2n) is 11.6. The number of anilines is 1. The maximum atomic E-state index is 10.9. The Kier molecular flexibility index (Phi) is 8.94. The largest absolute Gasteiger partial charge is 0.503 e. The Morgan fingerprint density at radius 1 is 1.14 bits per heavy atom. The maximum absolute atomic E-state index is 10.9. The zero-order chi connectivity index (χ0) is 30.8. The smallest absolute Gasteiger partial charge is 0.200 e. The summed E-state index contributed by atoms with van der Waals surface area (Å²) in [5.41, 5.74) is 10.8. The Morgan fingerprint density at radius 3 is 2.58 bits per heavy atom. The van der Waals surface area contributed by atoms with Crippen LogP contribution in [-0.4, -0.2) is 70.5 Å². The van der Waals surface area contributed by atoms with E-state index < -0.39 is 0 Å². The minimum Gasteiger partial charge on any atom is -0.503 e. The molecule has 1 aliphatic carbocycles. The molecule has 3 N–H and O–H groups in total. The SMILES string of the molecule is C=C(/C=C(/OC)C(OC)=C1Oc2cc3c(cc2OC)CCN(C)C3Cc2cc(N)c(O)c(c2)OC2=CCC21)CCN(C)C. The van der Waals surface area contributed by atoms with Gasteiger partial charge in [0.2, 0.25) is 0 Å². The van der Waals surface area contributed by atoms with Crippen molar-refractivity contribution in [1.29, 1.82) is 0 Å². The van der Waals surface area contributed by atoms with Gasteiger partial charge in [0.1, 0.15) is 5.76 Å². The summed E-state index contributed by atoms with van der Waals surface area (Å²) < 4.78 is 30.9. The van der Waals surface area contributed by atoms with Gasteiger partial charge in [-0.1, -0.05) is 12.2 Å². The summed E-state index contributed by atoms with van der Waals surface area (Å²) in [4.78, 5) is 4.43. The highest BCUT2D eigenvalue weighted by Gasteiger charge is 2.37. The molecule has 2 aromatic carbocycles. The zero-order valence-corrected chi connectivity index (χ0v) is 26.0. The number of aromatic hydroxyl groups is 1. The maximum Gasteiger partial charge on any atom is 0.200 e. The molecule has 2 unspecified atom stereocenters. The van der Waals surface area contributed by atoms with Crippen molar-refractivity contribution in [2.45, 2.75) is 31.7 Å². The predicted octanol–water partition coefficient (Wildman–Crippen LogP) is 5.33. The van der Waals surface area contributed by atoms with Crippen molar-refractivity contribution in [2.24, 2.45) is 5.92 Å². The van der Waals surface area contributed by atoms with Crippen molar-refractivity contribution in [1.82, 2.24) is 9.80 Å². The lowest BCUT2D eigenvalue weighted by atomic mass is 9.88. The molecule has 2 heterocycles. The molecule has 2 atom stereocenters. The molecular weight excluding hydrogens is 546 g/mol. The first-order valence-electron chi connectivity index (χ1n) is 14.6. The van der Waals surface area contributed by atoms with Crippen LogP contribution in [-0.2, 0) is 22.3 Å². The molecule has 0 fully saturated rings. The molecular formula is C34H43N3O6. The normalized spacial score (nSPS) is 21.0. The summed E-state index contributed by atoms with van der Waals surface area (Å²) in [5, 5.41) is 10.9. The second kappa shape index (κ2) is 12.7. The first kappa shape index (κ1) is 30.4. The molecule has 43 heavy (non-hydrogen) atoms. The van der Waals surface area contributed by atoms with Gasteiger partial charge in [-0.05, 0) is 99.9 Å². The fourth-order valence-electron chi connectivity index (χ4n) is 5.81. The van der Waals surface area contributed by atoms with Crippen molar-refractivity contribution in [2.75, 3.05) is 61.3 Å². The van der Waals surface area contributed by atoms with Crippen LogP contribution in [0.1, 0.15) is 35.6 Å². The van der Waals surface area contributed by atoms with E-state index in [4.69, 9.17) is 29.4 Å². The van der Waals surface area contributed by atoms with E-state index in [9.17, 15) is 5.11 Å². The molecule has 3 aliphatic rings. The number of allylic oxidation sites excluding steroid dienone is 2. The van der Waals surface area contributed by atoms with Crippen LogP contribution in [0.3, 0.4) is 0 Å². The monoisotopic (exact) mass is 589 g/mol. The standard InChI is InChI=1S/C34H43N3O6/c1-20(10-12-36(2)3)14-31(40-6)34(41-7)33-23-8-9-27(23)42-30-17-21(15-25(35)32(30)38)16-26-24-19-29(43-33)28(39-5)18-22(24)11-13-37(26)4/h9,14-15,17-19,23,26,38H,1,8,10-13,16,35H2,2-7H3/b31-14+,34-33?. The summed E-state index contributed by atoms with van der Waals surface area (Å²) in [6.45, 7) is 5.98. The molecule has 230 valence electrons. The van der Waals surface area contributed by atoms with Gasteiger partial charge < -0.3 is 39.4 Å². The average molecular weight is 590 g/mol. The summed E-state index contributed by atoms with van der Waals surface area (Å²) >= 11 is 0. The molecule has 0 saturated carbocycles. The van der Waals surface area contributed by atoms with Gasteiger partial charge in [-0.25, -0.2) is 0 Å². The van der Waals surface area contributed by atoms with Gasteiger partial charge in [-0.3, -0.25) is 4.90 Å². The van der Waals surface area contributed by atoms with E-state index in [1.165, 1.54) is 5.56 Å². The van der Waals surface area contributed by atoms with Gasteiger partial charge in [-0.2, -0.15) is 0 Å². The molecule has 0 radical (unpaired) electrons. The van der Waals surface area contributed by atoms with E-state index in [0.29, 0.717) is 53.1 Å². The van der Waals surface area contributed by atoms with Crippen LogP contribution >= 0.6 is 0 Å². The number of methoxy groups -OCH3 is 3. The van der Waals surface area contributed by atoms with Crippen molar-refractivity contribution in [3.8, 4) is 23.0 Å². The highest BCUT2D eigenvalue weighted by molar-refractivity contribution is 5.62. The minimum atomic E-state index is -0.326. The van der Waals surface area contributed by atoms with E-state index >= 15 is 0 Å². The third kappa shape index (κ3) is 6.19. The molecule has 0 amide bonds. The quantitative estimate of drug-likeness (QED) is 0.183. The molecule has 9 heteroatoms. The molecule has 9 nitrogen and oxygen atoms in total.